The van der Waals surface area contributed by atoms with Crippen LogP contribution < -0.4 is 0 Å². The van der Waals surface area contributed by atoms with Crippen LogP contribution in [0.4, 0.5) is 0 Å². The quantitative estimate of drug-likeness (QED) is 0.380. The van der Waals surface area contributed by atoms with E-state index in [1.54, 1.807) is 0 Å². The van der Waals surface area contributed by atoms with Crippen LogP contribution in [-0.2, 0) is 9.59 Å². The fourth-order valence-electron chi connectivity index (χ4n) is 2.77. The van der Waals surface area contributed by atoms with E-state index in [4.69, 9.17) is 11.6 Å². The summed E-state index contributed by atoms with van der Waals surface area (Å²) in [6, 6.07) is 0. The topological polar surface area (TPSA) is 34.1 Å². The van der Waals surface area contributed by atoms with Crippen LogP contribution in [0.15, 0.2) is 12.2 Å². The summed E-state index contributed by atoms with van der Waals surface area (Å²) in [6.45, 7) is 6.04. The van der Waals surface area contributed by atoms with Crippen LogP contribution in [-0.4, -0.2) is 11.0 Å². The molecule has 2 atom stereocenters. The zero-order valence-corrected chi connectivity index (χ0v) is 8.99. The second-order valence-electron chi connectivity index (χ2n) is 4.80. The van der Waals surface area contributed by atoms with Gasteiger partial charge in [0.25, 0.3) is 0 Å². The molecule has 0 aromatic rings. The van der Waals surface area contributed by atoms with Crippen molar-refractivity contribution in [2.24, 2.45) is 10.8 Å². The zero-order chi connectivity index (χ0) is 10.6. The van der Waals surface area contributed by atoms with E-state index in [2.05, 4.69) is 13.5 Å². The van der Waals surface area contributed by atoms with Crippen molar-refractivity contribution in [2.75, 3.05) is 0 Å². The fourth-order valence-corrected chi connectivity index (χ4v) is 3.01. The minimum atomic E-state index is -0.925. The van der Waals surface area contributed by atoms with Gasteiger partial charge in [0, 0.05) is 6.42 Å². The first kappa shape index (κ1) is 9.91. The molecule has 0 amide bonds. The van der Waals surface area contributed by atoms with Gasteiger partial charge in [-0.05, 0) is 36.3 Å². The normalized spacial score (nSPS) is 41.6. The van der Waals surface area contributed by atoms with Crippen LogP contribution in [0.3, 0.4) is 0 Å². The molecule has 2 saturated carbocycles. The summed E-state index contributed by atoms with van der Waals surface area (Å²) in [5.74, 6) is 0.00799. The maximum absolute atomic E-state index is 11.8. The Morgan fingerprint density at radius 3 is 2.71 bits per heavy atom. The standard InChI is InChI=1S/C11H13ClO2/c1-7-5-11(9(12)14)6-10(7,2)4-3-8(11)13/h1,3-6H2,2H3/t10-,11+/m1/s1. The Morgan fingerprint density at radius 1 is 1.57 bits per heavy atom. The molecule has 0 N–H and O–H groups in total. The summed E-state index contributed by atoms with van der Waals surface area (Å²) in [7, 11) is 0. The van der Waals surface area contributed by atoms with Gasteiger partial charge in [-0.25, -0.2) is 0 Å². The molecule has 2 aliphatic rings. The number of carbonyl (C=O) groups excluding carboxylic acids is 2. The Morgan fingerprint density at radius 2 is 2.21 bits per heavy atom. The van der Waals surface area contributed by atoms with E-state index in [1.807, 2.05) is 0 Å². The summed E-state index contributed by atoms with van der Waals surface area (Å²) in [5.41, 5.74) is 0.0433. The van der Waals surface area contributed by atoms with Gasteiger partial charge in [-0.15, -0.1) is 0 Å². The molecule has 0 heterocycles. The number of hydrogen-bond donors (Lipinski definition) is 0. The molecule has 2 nitrogen and oxygen atoms in total. The molecule has 0 aromatic carbocycles. The highest BCUT2D eigenvalue weighted by Gasteiger charge is 2.58. The predicted molar refractivity (Wildman–Crippen MR) is 54.0 cm³/mol. The molecule has 0 saturated heterocycles. The van der Waals surface area contributed by atoms with Crippen molar-refractivity contribution in [1.82, 2.24) is 0 Å². The third-order valence-electron chi connectivity index (χ3n) is 3.87. The summed E-state index contributed by atoms with van der Waals surface area (Å²) >= 11 is 5.56. The SMILES string of the molecule is C=C1C[C@]2(C(=O)Cl)C[C@@]1(C)CCC2=O. The van der Waals surface area contributed by atoms with Crippen molar-refractivity contribution >= 4 is 22.6 Å². The Hall–Kier alpha value is -0.630. The van der Waals surface area contributed by atoms with E-state index in [-0.39, 0.29) is 11.2 Å². The van der Waals surface area contributed by atoms with Gasteiger partial charge in [-0.2, -0.15) is 0 Å². The third-order valence-corrected chi connectivity index (χ3v) is 4.24. The predicted octanol–water partition coefficient (Wildman–Crippen LogP) is 2.46. The summed E-state index contributed by atoms with van der Waals surface area (Å²) < 4.78 is 0. The maximum atomic E-state index is 11.8. The van der Waals surface area contributed by atoms with Crippen molar-refractivity contribution in [3.05, 3.63) is 12.2 Å². The highest BCUT2D eigenvalue weighted by atomic mass is 35.5. The number of fused-ring (bicyclic) bond motifs is 2. The first-order valence-corrected chi connectivity index (χ1v) is 5.20. The lowest BCUT2D eigenvalue weighted by atomic mass is 9.69. The van der Waals surface area contributed by atoms with Gasteiger partial charge in [0.2, 0.25) is 5.24 Å². The Kier molecular flexibility index (Phi) is 1.91. The van der Waals surface area contributed by atoms with E-state index in [9.17, 15) is 9.59 Å². The van der Waals surface area contributed by atoms with Crippen LogP contribution in [0.2, 0.25) is 0 Å². The summed E-state index contributed by atoms with van der Waals surface area (Å²) in [6.07, 6.45) is 2.31. The maximum Gasteiger partial charge on any atom is 0.235 e. The monoisotopic (exact) mass is 212 g/mol. The number of allylic oxidation sites excluding steroid dienone is 1. The van der Waals surface area contributed by atoms with Crippen LogP contribution in [0, 0.1) is 10.8 Å². The molecule has 14 heavy (non-hydrogen) atoms. The van der Waals surface area contributed by atoms with E-state index in [0.29, 0.717) is 19.3 Å². The lowest BCUT2D eigenvalue weighted by Gasteiger charge is -2.33. The van der Waals surface area contributed by atoms with E-state index in [0.717, 1.165) is 12.0 Å². The molecule has 2 aliphatic carbocycles. The Bertz CT molecular complexity index is 347. The molecular formula is C11H13ClO2. The first-order valence-electron chi connectivity index (χ1n) is 4.82. The van der Waals surface area contributed by atoms with Gasteiger partial charge in [0.1, 0.15) is 11.2 Å². The van der Waals surface area contributed by atoms with Crippen LogP contribution in [0.25, 0.3) is 0 Å². The fraction of sp³-hybridized carbons (Fsp3) is 0.636. The van der Waals surface area contributed by atoms with Crippen molar-refractivity contribution in [2.45, 2.75) is 32.6 Å². The lowest BCUT2D eigenvalue weighted by molar-refractivity contribution is -0.139. The van der Waals surface area contributed by atoms with Crippen molar-refractivity contribution in [3.8, 4) is 0 Å². The number of halogens is 1. The van der Waals surface area contributed by atoms with Gasteiger partial charge in [-0.1, -0.05) is 19.1 Å². The third kappa shape index (κ3) is 1.04. The number of Topliss-reactive ketones (excluding diaryl/α,β-unsaturated/α-hetero) is 1. The Labute approximate surface area is 88.3 Å². The number of rotatable bonds is 1. The smallest absolute Gasteiger partial charge is 0.235 e. The van der Waals surface area contributed by atoms with E-state index < -0.39 is 10.7 Å². The second kappa shape index (κ2) is 2.69. The van der Waals surface area contributed by atoms with Crippen molar-refractivity contribution < 1.29 is 9.59 Å². The number of carbonyl (C=O) groups is 2. The molecular weight excluding hydrogens is 200 g/mol. The minimum absolute atomic E-state index is 0.00799. The molecule has 3 heteroatoms. The molecule has 0 radical (unpaired) electrons. The van der Waals surface area contributed by atoms with E-state index >= 15 is 0 Å². The highest BCUT2D eigenvalue weighted by Crippen LogP contribution is 2.59. The van der Waals surface area contributed by atoms with Crippen molar-refractivity contribution in [3.63, 3.8) is 0 Å². The lowest BCUT2D eigenvalue weighted by Crippen LogP contribution is -2.39. The molecule has 76 valence electrons. The molecule has 2 rings (SSSR count). The molecule has 0 aromatic heterocycles. The largest absolute Gasteiger partial charge is 0.299 e. The average Bonchev–Trinajstić information content (AvgIpc) is 2.32. The molecule has 0 unspecified atom stereocenters. The second-order valence-corrected chi connectivity index (χ2v) is 5.14. The average molecular weight is 213 g/mol. The molecule has 0 spiro atoms. The summed E-state index contributed by atoms with van der Waals surface area (Å²) in [4.78, 5) is 23.1. The van der Waals surface area contributed by atoms with Gasteiger partial charge in [-0.3, -0.25) is 9.59 Å². The van der Waals surface area contributed by atoms with Crippen LogP contribution in [0.1, 0.15) is 32.6 Å². The summed E-state index contributed by atoms with van der Waals surface area (Å²) in [5, 5.41) is -0.493. The molecule has 0 aliphatic heterocycles. The number of ketones is 1. The first-order chi connectivity index (χ1) is 6.41. The van der Waals surface area contributed by atoms with Gasteiger partial charge < -0.3 is 0 Å². The Balaban J connectivity index is 2.48. The van der Waals surface area contributed by atoms with E-state index in [1.165, 1.54) is 0 Å². The molecule has 2 bridgehead atoms. The van der Waals surface area contributed by atoms with Gasteiger partial charge >= 0.3 is 0 Å². The highest BCUT2D eigenvalue weighted by molar-refractivity contribution is 6.66. The van der Waals surface area contributed by atoms with Gasteiger partial charge in [0.15, 0.2) is 0 Å². The molecule has 2 fully saturated rings. The van der Waals surface area contributed by atoms with Gasteiger partial charge in [0.05, 0.1) is 0 Å². The van der Waals surface area contributed by atoms with Crippen LogP contribution >= 0.6 is 11.6 Å². The number of hydrogen-bond acceptors (Lipinski definition) is 2. The minimum Gasteiger partial charge on any atom is -0.299 e. The van der Waals surface area contributed by atoms with Crippen LogP contribution in [0.5, 0.6) is 0 Å². The zero-order valence-electron chi connectivity index (χ0n) is 8.23. The van der Waals surface area contributed by atoms with Crippen molar-refractivity contribution in [1.29, 1.82) is 0 Å².